The zero-order valence-electron chi connectivity index (χ0n) is 26.8. The van der Waals surface area contributed by atoms with Crippen LogP contribution in [0.4, 0.5) is 11.8 Å². The summed E-state index contributed by atoms with van der Waals surface area (Å²) in [6.45, 7) is 6.97. The average Bonchev–Trinajstić information content (AvgIpc) is 3.35. The molecule has 1 amide bonds. The zero-order valence-corrected chi connectivity index (χ0v) is 27.6. The fourth-order valence-electron chi connectivity index (χ4n) is 6.71. The second-order valence-corrected chi connectivity index (χ2v) is 15.1. The molecule has 6 rings (SSSR count). The summed E-state index contributed by atoms with van der Waals surface area (Å²) in [6.07, 6.45) is 8.13. The smallest absolute Gasteiger partial charge is 0.303 e. The van der Waals surface area contributed by atoms with Gasteiger partial charge in [-0.2, -0.15) is 17.7 Å². The maximum Gasteiger partial charge on any atom is 0.303 e. The number of hydrogen-bond acceptors (Lipinski definition) is 9. The molecule has 3 aromatic rings. The molecule has 2 atom stereocenters. The van der Waals surface area contributed by atoms with Gasteiger partial charge in [0.15, 0.2) is 11.5 Å². The molecule has 1 aliphatic heterocycles. The lowest BCUT2D eigenvalue weighted by molar-refractivity contribution is 0.0927. The number of rotatable bonds is 10. The van der Waals surface area contributed by atoms with Gasteiger partial charge in [0, 0.05) is 33.2 Å². The highest BCUT2D eigenvalue weighted by molar-refractivity contribution is 7.87. The lowest BCUT2D eigenvalue weighted by atomic mass is 9.80. The quantitative estimate of drug-likeness (QED) is 0.332. The molecule has 0 spiro atoms. The second kappa shape index (κ2) is 13.2. The van der Waals surface area contributed by atoms with Gasteiger partial charge in [-0.15, -0.1) is 0 Å². The Morgan fingerprint density at radius 2 is 1.80 bits per heavy atom. The van der Waals surface area contributed by atoms with Gasteiger partial charge in [0.1, 0.15) is 5.52 Å². The predicted octanol–water partition coefficient (Wildman–Crippen LogP) is 4.37. The van der Waals surface area contributed by atoms with Crippen LogP contribution in [-0.2, 0) is 21.5 Å². The van der Waals surface area contributed by atoms with Crippen LogP contribution in [0.15, 0.2) is 30.3 Å². The van der Waals surface area contributed by atoms with Crippen LogP contribution in [0.2, 0.25) is 0 Å². The molecule has 0 radical (unpaired) electrons. The first-order valence-corrected chi connectivity index (χ1v) is 17.7. The number of benzene rings is 1. The summed E-state index contributed by atoms with van der Waals surface area (Å²) >= 11 is 0. The van der Waals surface area contributed by atoms with Gasteiger partial charge in [-0.25, -0.2) is 14.7 Å². The number of nitrogens with zero attached hydrogens (tertiary/aromatic N) is 6. The molecule has 2 saturated carbocycles. The number of imidazole rings is 1. The molecule has 2 N–H and O–H groups in total. The molecule has 2 aromatic heterocycles. The molecule has 3 fully saturated rings. The van der Waals surface area contributed by atoms with Gasteiger partial charge in [-0.1, -0.05) is 56.5 Å². The molecule has 1 saturated heterocycles. The minimum atomic E-state index is -4.04. The number of anilines is 2. The highest BCUT2D eigenvalue weighted by Gasteiger charge is 2.34. The first-order valence-electron chi connectivity index (χ1n) is 16.3. The first-order chi connectivity index (χ1) is 21.6. The molecule has 0 bridgehead atoms. The minimum Gasteiger partial charge on any atom is -0.377 e. The summed E-state index contributed by atoms with van der Waals surface area (Å²) in [5, 5.41) is 3.62. The van der Waals surface area contributed by atoms with E-state index < -0.39 is 16.1 Å². The third-order valence-electron chi connectivity index (χ3n) is 9.86. The summed E-state index contributed by atoms with van der Waals surface area (Å²) in [5.41, 5.74) is 2.26. The molecule has 13 heteroatoms. The molecule has 0 unspecified atom stereocenters. The summed E-state index contributed by atoms with van der Waals surface area (Å²) in [5.74, 6) is 1.85. The van der Waals surface area contributed by atoms with E-state index in [1.165, 1.54) is 33.4 Å². The summed E-state index contributed by atoms with van der Waals surface area (Å²) in [7, 11) is -1.32. The number of ether oxygens (including phenoxy) is 1. The van der Waals surface area contributed by atoms with E-state index in [9.17, 15) is 13.2 Å². The van der Waals surface area contributed by atoms with Gasteiger partial charge in [0.05, 0.1) is 19.3 Å². The maximum absolute atomic E-state index is 13.3. The van der Waals surface area contributed by atoms with E-state index in [1.54, 1.807) is 0 Å². The largest absolute Gasteiger partial charge is 0.377 e. The van der Waals surface area contributed by atoms with Crippen molar-refractivity contribution in [2.75, 3.05) is 44.1 Å². The summed E-state index contributed by atoms with van der Waals surface area (Å²) in [6, 6.07) is 10.4. The third kappa shape index (κ3) is 6.80. The van der Waals surface area contributed by atoms with Crippen LogP contribution in [0, 0.1) is 17.8 Å². The number of morpholine rings is 1. The van der Waals surface area contributed by atoms with Crippen molar-refractivity contribution < 1.29 is 17.9 Å². The Hall–Kier alpha value is -3.29. The Morgan fingerprint density at radius 1 is 1.07 bits per heavy atom. The fraction of sp³-hybridized carbons (Fsp3) is 0.625. The van der Waals surface area contributed by atoms with Crippen molar-refractivity contribution in [2.45, 2.75) is 77.4 Å². The van der Waals surface area contributed by atoms with E-state index in [-0.39, 0.29) is 17.9 Å². The van der Waals surface area contributed by atoms with E-state index in [0.717, 1.165) is 59.5 Å². The number of carbonyl (C=O) groups is 1. The number of aromatic nitrogens is 4. The number of amides is 1. The molecule has 3 aliphatic rings. The van der Waals surface area contributed by atoms with E-state index in [0.29, 0.717) is 43.1 Å². The van der Waals surface area contributed by atoms with Crippen LogP contribution >= 0.6 is 0 Å². The van der Waals surface area contributed by atoms with E-state index in [2.05, 4.69) is 50.5 Å². The van der Waals surface area contributed by atoms with Crippen LogP contribution in [0.5, 0.6) is 0 Å². The molecule has 2 aliphatic carbocycles. The Kier molecular flexibility index (Phi) is 9.30. The lowest BCUT2D eigenvalue weighted by Crippen LogP contribution is -2.41. The highest BCUT2D eigenvalue weighted by atomic mass is 32.2. The minimum absolute atomic E-state index is 0.0480. The van der Waals surface area contributed by atoms with Gasteiger partial charge >= 0.3 is 16.1 Å². The van der Waals surface area contributed by atoms with Gasteiger partial charge in [0.25, 0.3) is 0 Å². The number of hydrogen-bond donors (Lipinski definition) is 2. The van der Waals surface area contributed by atoms with Crippen molar-refractivity contribution >= 4 is 39.0 Å². The molecule has 244 valence electrons. The summed E-state index contributed by atoms with van der Waals surface area (Å²) in [4.78, 5) is 30.0. The Labute approximate surface area is 266 Å². The van der Waals surface area contributed by atoms with Crippen molar-refractivity contribution in [3.05, 3.63) is 41.7 Å². The van der Waals surface area contributed by atoms with Gasteiger partial charge in [-0.05, 0) is 55.9 Å². The lowest BCUT2D eigenvalue weighted by Gasteiger charge is -2.37. The monoisotopic (exact) mass is 638 g/mol. The van der Waals surface area contributed by atoms with Crippen LogP contribution in [0.25, 0.3) is 11.2 Å². The number of nitrogens with one attached hydrogen (secondary N) is 2. The van der Waals surface area contributed by atoms with Gasteiger partial charge < -0.3 is 19.5 Å². The van der Waals surface area contributed by atoms with Crippen molar-refractivity contribution in [3.8, 4) is 0 Å². The van der Waals surface area contributed by atoms with Crippen LogP contribution in [0.1, 0.15) is 81.0 Å². The SMILES string of the molecule is CC1CCC(Cn2c(N3CCOC[C@H]3c3ccccc3)nc3nc(C(=O)NS(=O)(=O)N(C)C)nc(N[C@H](C)C4CCC4)c32)CC1. The molecule has 12 nitrogen and oxygen atoms in total. The number of carbonyl (C=O) groups excluding carboxylic acids is 1. The van der Waals surface area contributed by atoms with Crippen molar-refractivity contribution in [3.63, 3.8) is 0 Å². The molecule has 1 aromatic carbocycles. The van der Waals surface area contributed by atoms with Crippen LogP contribution in [-0.4, -0.2) is 78.0 Å². The van der Waals surface area contributed by atoms with E-state index in [4.69, 9.17) is 14.7 Å². The standard InChI is InChI=1S/C32H46N8O4S/c1-21-13-15-23(16-14-21)19-40-27-28(33-22(2)24-11-8-12-24)34-30(31(41)37-45(42,43)38(3)4)35-29(27)36-32(40)39-17-18-44-20-26(39)25-9-6-5-7-10-25/h5-7,9-10,21-24,26H,8,11-20H2,1-4H3,(H,37,41)(H,33,34,35)/t21?,22-,23?,26+/m1/s1. The van der Waals surface area contributed by atoms with Crippen molar-refractivity contribution in [1.82, 2.24) is 28.5 Å². The molecular formula is C32H46N8O4S. The van der Waals surface area contributed by atoms with Crippen LogP contribution < -0.4 is 14.9 Å². The average molecular weight is 639 g/mol. The fourth-order valence-corrected chi connectivity index (χ4v) is 7.22. The van der Waals surface area contributed by atoms with Crippen molar-refractivity contribution in [2.24, 2.45) is 17.8 Å². The normalized spacial score (nSPS) is 23.6. The summed E-state index contributed by atoms with van der Waals surface area (Å²) < 4.78 is 36.3. The van der Waals surface area contributed by atoms with Crippen LogP contribution in [0.3, 0.4) is 0 Å². The zero-order chi connectivity index (χ0) is 31.7. The Balaban J connectivity index is 1.49. The Morgan fingerprint density at radius 3 is 2.47 bits per heavy atom. The Bertz CT molecular complexity index is 1600. The van der Waals surface area contributed by atoms with Gasteiger partial charge in [0.2, 0.25) is 11.8 Å². The molecule has 45 heavy (non-hydrogen) atoms. The topological polar surface area (TPSA) is 135 Å². The van der Waals surface area contributed by atoms with Gasteiger partial charge in [-0.3, -0.25) is 4.79 Å². The number of fused-ring (bicyclic) bond motifs is 1. The molecular weight excluding hydrogens is 592 g/mol. The second-order valence-electron chi connectivity index (χ2n) is 13.3. The molecule has 3 heterocycles. The van der Waals surface area contributed by atoms with E-state index >= 15 is 0 Å². The third-order valence-corrected chi connectivity index (χ3v) is 11.3. The van der Waals surface area contributed by atoms with E-state index in [1.807, 2.05) is 18.2 Å². The van der Waals surface area contributed by atoms with Crippen molar-refractivity contribution in [1.29, 1.82) is 0 Å². The predicted molar refractivity (Wildman–Crippen MR) is 174 cm³/mol. The highest BCUT2D eigenvalue weighted by Crippen LogP contribution is 2.38. The maximum atomic E-state index is 13.3. The first kappa shape index (κ1) is 31.7.